The SMILES string of the molecule is Cc1ccc2c(N)nc(-c3ccccc3F)cc2c1.Cl. The predicted octanol–water partition coefficient (Wildman–Crippen LogP) is 4.35. The maximum Gasteiger partial charge on any atom is 0.132 e. The van der Waals surface area contributed by atoms with Crippen LogP contribution in [0.1, 0.15) is 5.56 Å². The van der Waals surface area contributed by atoms with E-state index in [0.29, 0.717) is 17.1 Å². The molecule has 1 heterocycles. The summed E-state index contributed by atoms with van der Waals surface area (Å²) in [5.41, 5.74) is 8.13. The second-order valence-electron chi connectivity index (χ2n) is 4.60. The molecule has 3 rings (SSSR count). The van der Waals surface area contributed by atoms with Crippen molar-refractivity contribution in [3.05, 3.63) is 59.9 Å². The first-order valence-electron chi connectivity index (χ1n) is 6.07. The summed E-state index contributed by atoms with van der Waals surface area (Å²) in [5.74, 6) is 0.136. The highest BCUT2D eigenvalue weighted by atomic mass is 35.5. The summed E-state index contributed by atoms with van der Waals surface area (Å²) in [7, 11) is 0. The minimum absolute atomic E-state index is 0. The summed E-state index contributed by atoms with van der Waals surface area (Å²) in [6.07, 6.45) is 0. The zero-order valence-corrected chi connectivity index (χ0v) is 11.7. The molecule has 0 radical (unpaired) electrons. The van der Waals surface area contributed by atoms with Crippen LogP contribution in [-0.4, -0.2) is 4.98 Å². The van der Waals surface area contributed by atoms with Crippen LogP contribution in [0.4, 0.5) is 10.2 Å². The normalized spacial score (nSPS) is 10.3. The van der Waals surface area contributed by atoms with Crippen LogP contribution in [0.2, 0.25) is 0 Å². The second kappa shape index (κ2) is 5.47. The Labute approximate surface area is 122 Å². The van der Waals surface area contributed by atoms with Crippen LogP contribution >= 0.6 is 12.4 Å². The van der Waals surface area contributed by atoms with E-state index in [4.69, 9.17) is 5.73 Å². The number of fused-ring (bicyclic) bond motifs is 1. The number of nitrogens with zero attached hydrogens (tertiary/aromatic N) is 1. The summed E-state index contributed by atoms with van der Waals surface area (Å²) in [6, 6.07) is 14.4. The fourth-order valence-corrected chi connectivity index (χ4v) is 2.21. The lowest BCUT2D eigenvalue weighted by atomic mass is 10.0. The maximum absolute atomic E-state index is 13.8. The van der Waals surface area contributed by atoms with Crippen LogP contribution in [0.3, 0.4) is 0 Å². The predicted molar refractivity (Wildman–Crippen MR) is 83.5 cm³/mol. The van der Waals surface area contributed by atoms with Crippen LogP contribution in [0, 0.1) is 12.7 Å². The highest BCUT2D eigenvalue weighted by Crippen LogP contribution is 2.28. The van der Waals surface area contributed by atoms with Crippen molar-refractivity contribution in [1.82, 2.24) is 4.98 Å². The van der Waals surface area contributed by atoms with Crippen molar-refractivity contribution in [2.45, 2.75) is 6.92 Å². The van der Waals surface area contributed by atoms with Gasteiger partial charge in [-0.1, -0.05) is 35.9 Å². The third kappa shape index (κ3) is 2.45. The van der Waals surface area contributed by atoms with Gasteiger partial charge in [0.1, 0.15) is 11.6 Å². The molecule has 0 aliphatic rings. The molecule has 0 atom stereocenters. The first kappa shape index (κ1) is 14.3. The average Bonchev–Trinajstić information content (AvgIpc) is 2.38. The van der Waals surface area contributed by atoms with Crippen molar-refractivity contribution in [3.8, 4) is 11.3 Å². The molecule has 2 N–H and O–H groups in total. The molecule has 0 saturated carbocycles. The quantitative estimate of drug-likeness (QED) is 0.723. The van der Waals surface area contributed by atoms with Crippen molar-refractivity contribution in [2.75, 3.05) is 5.73 Å². The smallest absolute Gasteiger partial charge is 0.132 e. The molecule has 0 fully saturated rings. The molecule has 0 aliphatic heterocycles. The van der Waals surface area contributed by atoms with Crippen LogP contribution < -0.4 is 5.73 Å². The summed E-state index contributed by atoms with van der Waals surface area (Å²) >= 11 is 0. The zero-order chi connectivity index (χ0) is 13.4. The molecule has 4 heteroatoms. The zero-order valence-electron chi connectivity index (χ0n) is 10.9. The van der Waals surface area contributed by atoms with Crippen LogP contribution in [-0.2, 0) is 0 Å². The summed E-state index contributed by atoms with van der Waals surface area (Å²) < 4.78 is 13.8. The number of rotatable bonds is 1. The van der Waals surface area contributed by atoms with Crippen molar-refractivity contribution in [3.63, 3.8) is 0 Å². The molecule has 1 aromatic heterocycles. The molecular formula is C16H14ClFN2. The molecule has 20 heavy (non-hydrogen) atoms. The Morgan fingerprint density at radius 1 is 1.05 bits per heavy atom. The lowest BCUT2D eigenvalue weighted by molar-refractivity contribution is 0.631. The van der Waals surface area contributed by atoms with Crippen LogP contribution in [0.5, 0.6) is 0 Å². The summed E-state index contributed by atoms with van der Waals surface area (Å²) in [6.45, 7) is 2.01. The molecule has 0 saturated heterocycles. The van der Waals surface area contributed by atoms with E-state index in [0.717, 1.165) is 16.3 Å². The molecule has 0 amide bonds. The van der Waals surface area contributed by atoms with E-state index in [9.17, 15) is 4.39 Å². The van der Waals surface area contributed by atoms with E-state index >= 15 is 0 Å². The van der Waals surface area contributed by atoms with Crippen LogP contribution in [0.25, 0.3) is 22.0 Å². The maximum atomic E-state index is 13.8. The molecule has 0 bridgehead atoms. The van der Waals surface area contributed by atoms with Gasteiger partial charge in [-0.05, 0) is 30.5 Å². The molecule has 2 nitrogen and oxygen atoms in total. The topological polar surface area (TPSA) is 38.9 Å². The number of anilines is 1. The highest BCUT2D eigenvalue weighted by Gasteiger charge is 2.09. The first-order valence-corrected chi connectivity index (χ1v) is 6.07. The summed E-state index contributed by atoms with van der Waals surface area (Å²) in [5, 5.41) is 1.87. The molecule has 102 valence electrons. The van der Waals surface area contributed by atoms with E-state index in [2.05, 4.69) is 4.98 Å². The lowest BCUT2D eigenvalue weighted by Gasteiger charge is -2.08. The van der Waals surface area contributed by atoms with Crippen LogP contribution in [0.15, 0.2) is 48.5 Å². The number of benzene rings is 2. The highest BCUT2D eigenvalue weighted by molar-refractivity contribution is 5.94. The van der Waals surface area contributed by atoms with Crippen molar-refractivity contribution < 1.29 is 4.39 Å². The Hall–Kier alpha value is -2.13. The van der Waals surface area contributed by atoms with Crippen molar-refractivity contribution in [1.29, 1.82) is 0 Å². The number of pyridine rings is 1. The molecule has 0 aliphatic carbocycles. The number of hydrogen-bond acceptors (Lipinski definition) is 2. The number of halogens is 2. The molecule has 2 aromatic carbocycles. The number of hydrogen-bond donors (Lipinski definition) is 1. The standard InChI is InChI=1S/C16H13FN2.ClH/c1-10-6-7-12-11(8-10)9-15(19-16(12)18)13-4-2-3-5-14(13)17;/h2-9H,1H3,(H2,18,19);1H. The van der Waals surface area contributed by atoms with Gasteiger partial charge in [0.25, 0.3) is 0 Å². The Morgan fingerprint density at radius 3 is 2.55 bits per heavy atom. The molecular weight excluding hydrogens is 275 g/mol. The van der Waals surface area contributed by atoms with Gasteiger partial charge in [-0.15, -0.1) is 12.4 Å². The third-order valence-corrected chi connectivity index (χ3v) is 3.17. The molecule has 3 aromatic rings. The Balaban J connectivity index is 0.00000147. The van der Waals surface area contributed by atoms with Gasteiger partial charge in [-0.2, -0.15) is 0 Å². The lowest BCUT2D eigenvalue weighted by Crippen LogP contribution is -1.96. The van der Waals surface area contributed by atoms with Gasteiger partial charge >= 0.3 is 0 Å². The molecule has 0 unspecified atom stereocenters. The summed E-state index contributed by atoms with van der Waals surface area (Å²) in [4.78, 5) is 4.30. The Morgan fingerprint density at radius 2 is 1.80 bits per heavy atom. The van der Waals surface area contributed by atoms with Gasteiger partial charge in [0.05, 0.1) is 5.69 Å². The number of aryl methyl sites for hydroxylation is 1. The fourth-order valence-electron chi connectivity index (χ4n) is 2.21. The minimum atomic E-state index is -0.290. The second-order valence-corrected chi connectivity index (χ2v) is 4.60. The van der Waals surface area contributed by atoms with E-state index < -0.39 is 0 Å². The van der Waals surface area contributed by atoms with Gasteiger partial charge in [0.15, 0.2) is 0 Å². The number of aromatic nitrogens is 1. The van der Waals surface area contributed by atoms with Gasteiger partial charge in [0, 0.05) is 10.9 Å². The minimum Gasteiger partial charge on any atom is -0.383 e. The fraction of sp³-hybridized carbons (Fsp3) is 0.0625. The Kier molecular flexibility index (Phi) is 3.91. The third-order valence-electron chi connectivity index (χ3n) is 3.17. The first-order chi connectivity index (χ1) is 9.15. The van der Waals surface area contributed by atoms with Crippen molar-refractivity contribution >= 4 is 29.0 Å². The monoisotopic (exact) mass is 288 g/mol. The van der Waals surface area contributed by atoms with E-state index in [1.54, 1.807) is 18.2 Å². The average molecular weight is 289 g/mol. The van der Waals surface area contributed by atoms with E-state index in [1.807, 2.05) is 31.2 Å². The van der Waals surface area contributed by atoms with Gasteiger partial charge < -0.3 is 5.73 Å². The Bertz CT molecular complexity index is 772. The van der Waals surface area contributed by atoms with Gasteiger partial charge in [-0.3, -0.25) is 0 Å². The number of nitrogens with two attached hydrogens (primary N) is 1. The number of nitrogen functional groups attached to an aromatic ring is 1. The van der Waals surface area contributed by atoms with Gasteiger partial charge in [-0.25, -0.2) is 9.37 Å². The molecule has 0 spiro atoms. The van der Waals surface area contributed by atoms with Crippen molar-refractivity contribution in [2.24, 2.45) is 0 Å². The largest absolute Gasteiger partial charge is 0.383 e. The van der Waals surface area contributed by atoms with Gasteiger partial charge in [0.2, 0.25) is 0 Å². The van der Waals surface area contributed by atoms with E-state index in [1.165, 1.54) is 6.07 Å². The van der Waals surface area contributed by atoms with E-state index in [-0.39, 0.29) is 18.2 Å².